The smallest absolute Gasteiger partial charge is 0.178 e. The van der Waals surface area contributed by atoms with Crippen molar-refractivity contribution in [2.24, 2.45) is 0 Å². The molecule has 5 aromatic carbocycles. The Bertz CT molecular complexity index is 1730. The zero-order chi connectivity index (χ0) is 26.6. The molecule has 1 aliphatic carbocycles. The van der Waals surface area contributed by atoms with E-state index >= 15 is 0 Å². The lowest BCUT2D eigenvalue weighted by molar-refractivity contribution is 0.163. The van der Waals surface area contributed by atoms with Crippen molar-refractivity contribution in [1.29, 1.82) is 0 Å². The summed E-state index contributed by atoms with van der Waals surface area (Å²) in [5, 5.41) is 2.28. The molecule has 0 bridgehead atoms. The molecule has 3 heteroatoms. The van der Waals surface area contributed by atoms with Crippen LogP contribution < -0.4 is 14.4 Å². The number of fused-ring (bicyclic) bond motifs is 8. The molecule has 0 amide bonds. The summed E-state index contributed by atoms with van der Waals surface area (Å²) >= 11 is 0. The van der Waals surface area contributed by atoms with Crippen molar-refractivity contribution in [2.45, 2.75) is 18.4 Å². The van der Waals surface area contributed by atoms with Gasteiger partial charge in [0, 0.05) is 41.9 Å². The van der Waals surface area contributed by atoms with Gasteiger partial charge in [-0.1, -0.05) is 72.8 Å². The molecule has 0 fully saturated rings. The second kappa shape index (κ2) is 9.06. The molecular formula is C36H31NO2. The van der Waals surface area contributed by atoms with Gasteiger partial charge in [0.05, 0.1) is 7.11 Å². The highest BCUT2D eigenvalue weighted by Gasteiger charge is 2.39. The first-order chi connectivity index (χ1) is 19.1. The number of ether oxygens (including phenoxy) is 2. The highest BCUT2D eigenvalue weighted by Crippen LogP contribution is 2.51. The van der Waals surface area contributed by atoms with Gasteiger partial charge in [0.25, 0.3) is 0 Å². The number of methoxy groups -OCH3 is 1. The molecule has 3 nitrogen and oxygen atoms in total. The SMILES string of the molecule is COc1ccc2c3c(c4c(c2c1)OC(c1ccccc1)(c1ccc(N(C)C)cc1)C=C4)CCc1ccccc1-3. The van der Waals surface area contributed by atoms with Crippen LogP contribution in [0.2, 0.25) is 0 Å². The third-order valence-corrected chi connectivity index (χ3v) is 8.31. The number of hydrogen-bond donors (Lipinski definition) is 0. The molecule has 2 aliphatic rings. The molecule has 5 aromatic rings. The summed E-state index contributed by atoms with van der Waals surface area (Å²) in [4.78, 5) is 2.12. The fourth-order valence-corrected chi connectivity index (χ4v) is 6.30. The van der Waals surface area contributed by atoms with Gasteiger partial charge in [-0.25, -0.2) is 0 Å². The van der Waals surface area contributed by atoms with E-state index in [-0.39, 0.29) is 0 Å². The van der Waals surface area contributed by atoms with Gasteiger partial charge in [-0.3, -0.25) is 0 Å². The molecule has 7 rings (SSSR count). The van der Waals surface area contributed by atoms with E-state index in [0.717, 1.165) is 46.5 Å². The first-order valence-corrected chi connectivity index (χ1v) is 13.6. The zero-order valence-corrected chi connectivity index (χ0v) is 22.6. The van der Waals surface area contributed by atoms with Crippen LogP contribution in [-0.4, -0.2) is 21.2 Å². The molecule has 0 saturated heterocycles. The maximum atomic E-state index is 7.30. The van der Waals surface area contributed by atoms with E-state index in [9.17, 15) is 0 Å². The molecule has 0 spiro atoms. The van der Waals surface area contributed by atoms with Crippen molar-refractivity contribution in [2.75, 3.05) is 26.1 Å². The fourth-order valence-electron chi connectivity index (χ4n) is 6.30. The van der Waals surface area contributed by atoms with Gasteiger partial charge in [0.15, 0.2) is 5.60 Å². The molecule has 1 heterocycles. The summed E-state index contributed by atoms with van der Waals surface area (Å²) in [5.41, 5.74) is 9.19. The summed E-state index contributed by atoms with van der Waals surface area (Å²) in [7, 11) is 5.86. The minimum Gasteiger partial charge on any atom is -0.497 e. The second-order valence-electron chi connectivity index (χ2n) is 10.6. The highest BCUT2D eigenvalue weighted by molar-refractivity contribution is 6.06. The Morgan fingerprint density at radius 1 is 0.769 bits per heavy atom. The van der Waals surface area contributed by atoms with Crippen molar-refractivity contribution in [3.63, 3.8) is 0 Å². The average molecular weight is 510 g/mol. The van der Waals surface area contributed by atoms with Gasteiger partial charge >= 0.3 is 0 Å². The van der Waals surface area contributed by atoms with Gasteiger partial charge < -0.3 is 14.4 Å². The molecule has 1 aliphatic heterocycles. The molecule has 0 N–H and O–H groups in total. The van der Waals surface area contributed by atoms with Crippen LogP contribution in [0.3, 0.4) is 0 Å². The Kier molecular flexibility index (Phi) is 5.48. The van der Waals surface area contributed by atoms with Crippen molar-refractivity contribution in [3.05, 3.63) is 131 Å². The van der Waals surface area contributed by atoms with Crippen molar-refractivity contribution in [3.8, 4) is 22.6 Å². The van der Waals surface area contributed by atoms with Crippen LogP contribution in [0.25, 0.3) is 28.0 Å². The second-order valence-corrected chi connectivity index (χ2v) is 10.6. The average Bonchev–Trinajstić information content (AvgIpc) is 3.00. The number of benzene rings is 5. The van der Waals surface area contributed by atoms with Gasteiger partial charge in [-0.05, 0) is 76.9 Å². The van der Waals surface area contributed by atoms with Crippen LogP contribution in [-0.2, 0) is 18.4 Å². The van der Waals surface area contributed by atoms with Crippen LogP contribution in [0.15, 0.2) is 103 Å². The molecule has 0 aromatic heterocycles. The first kappa shape index (κ1) is 23.6. The van der Waals surface area contributed by atoms with Crippen LogP contribution >= 0.6 is 0 Å². The van der Waals surface area contributed by atoms with Crippen LogP contribution in [0.4, 0.5) is 5.69 Å². The number of rotatable bonds is 4. The standard InChI is InChI=1S/C36H31NO2/c1-37(2)27-16-14-26(15-17-27)36(25-10-5-4-6-11-25)22-21-32-30-19-13-24-9-7-8-12-29(24)34(30)31-20-18-28(38-3)23-33(31)35(32)39-36/h4-12,14-18,20-23H,13,19H2,1-3H3. The molecule has 39 heavy (non-hydrogen) atoms. The minimum absolute atomic E-state index is 0.754. The van der Waals surface area contributed by atoms with E-state index < -0.39 is 5.60 Å². The Morgan fingerprint density at radius 3 is 2.28 bits per heavy atom. The largest absolute Gasteiger partial charge is 0.497 e. The minimum atomic E-state index is -0.754. The monoisotopic (exact) mass is 509 g/mol. The zero-order valence-electron chi connectivity index (χ0n) is 22.6. The van der Waals surface area contributed by atoms with Gasteiger partial charge in [0.1, 0.15) is 11.5 Å². The van der Waals surface area contributed by atoms with Crippen LogP contribution in [0.1, 0.15) is 27.8 Å². The Hall–Kier alpha value is -4.50. The van der Waals surface area contributed by atoms with Crippen molar-refractivity contribution in [1.82, 2.24) is 0 Å². The molecule has 1 atom stereocenters. The summed E-state index contributed by atoms with van der Waals surface area (Å²) in [6.07, 6.45) is 6.57. The summed E-state index contributed by atoms with van der Waals surface area (Å²) in [6.45, 7) is 0. The maximum absolute atomic E-state index is 7.30. The van der Waals surface area contributed by atoms with E-state index in [1.807, 2.05) is 0 Å². The normalized spacial score (nSPS) is 17.1. The Balaban J connectivity index is 1.51. The summed E-state index contributed by atoms with van der Waals surface area (Å²) in [6, 6.07) is 34.5. The van der Waals surface area contributed by atoms with Crippen molar-refractivity contribution < 1.29 is 9.47 Å². The predicted octanol–water partition coefficient (Wildman–Crippen LogP) is 8.03. The fraction of sp³-hybridized carbons (Fsp3) is 0.167. The highest BCUT2D eigenvalue weighted by atomic mass is 16.5. The van der Waals surface area contributed by atoms with Crippen molar-refractivity contribution >= 4 is 22.5 Å². The molecule has 0 saturated carbocycles. The van der Waals surface area contributed by atoms with E-state index in [0.29, 0.717) is 0 Å². The molecule has 192 valence electrons. The quantitative estimate of drug-likeness (QED) is 0.245. The topological polar surface area (TPSA) is 21.7 Å². The Morgan fingerprint density at radius 2 is 1.51 bits per heavy atom. The summed E-state index contributed by atoms with van der Waals surface area (Å²) in [5.74, 6) is 1.75. The van der Waals surface area contributed by atoms with E-state index in [1.54, 1.807) is 7.11 Å². The van der Waals surface area contributed by atoms with E-state index in [2.05, 4.69) is 128 Å². The number of hydrogen-bond acceptors (Lipinski definition) is 3. The lowest BCUT2D eigenvalue weighted by Gasteiger charge is -2.38. The molecular weight excluding hydrogens is 478 g/mol. The molecule has 1 unspecified atom stereocenters. The van der Waals surface area contributed by atoms with Gasteiger partial charge in [-0.15, -0.1) is 0 Å². The maximum Gasteiger partial charge on any atom is 0.178 e. The Labute approximate surface area is 229 Å². The molecule has 0 radical (unpaired) electrons. The van der Waals surface area contributed by atoms with Gasteiger partial charge in [0.2, 0.25) is 0 Å². The number of anilines is 1. The lowest BCUT2D eigenvalue weighted by Crippen LogP contribution is -2.34. The third-order valence-electron chi connectivity index (χ3n) is 8.31. The van der Waals surface area contributed by atoms with E-state index in [4.69, 9.17) is 9.47 Å². The van der Waals surface area contributed by atoms with Crippen LogP contribution in [0, 0.1) is 0 Å². The third kappa shape index (κ3) is 3.64. The number of nitrogens with zero attached hydrogens (tertiary/aromatic N) is 1. The predicted molar refractivity (Wildman–Crippen MR) is 161 cm³/mol. The summed E-state index contributed by atoms with van der Waals surface area (Å²) < 4.78 is 13.0. The van der Waals surface area contributed by atoms with Gasteiger partial charge in [-0.2, -0.15) is 0 Å². The van der Waals surface area contributed by atoms with E-state index in [1.165, 1.54) is 33.2 Å². The first-order valence-electron chi connectivity index (χ1n) is 13.6. The van der Waals surface area contributed by atoms with Crippen LogP contribution in [0.5, 0.6) is 11.5 Å². The lowest BCUT2D eigenvalue weighted by atomic mass is 9.77. The number of aryl methyl sites for hydroxylation is 1.